The van der Waals surface area contributed by atoms with Crippen molar-refractivity contribution in [3.05, 3.63) is 68.4 Å². The predicted octanol–water partition coefficient (Wildman–Crippen LogP) is 4.68. The van der Waals surface area contributed by atoms with E-state index in [0.717, 1.165) is 11.3 Å². The maximum Gasteiger partial charge on any atom is 0.262 e. The van der Waals surface area contributed by atoms with Crippen molar-refractivity contribution in [2.75, 3.05) is 19.5 Å². The molecular weight excluding hydrogens is 391 g/mol. The van der Waals surface area contributed by atoms with Crippen molar-refractivity contribution in [1.29, 1.82) is 0 Å². The molecule has 1 aromatic heterocycles. The quantitative estimate of drug-likeness (QED) is 0.323. The van der Waals surface area contributed by atoms with Crippen molar-refractivity contribution in [2.45, 2.75) is 18.1 Å². The van der Waals surface area contributed by atoms with Crippen LogP contribution in [0.5, 0.6) is 0 Å². The largest absolute Gasteiger partial charge is 0.384 e. The minimum Gasteiger partial charge on any atom is -0.384 e. The molecule has 0 atom stereocenters. The van der Waals surface area contributed by atoms with Crippen LogP contribution < -0.4 is 5.56 Å². The van der Waals surface area contributed by atoms with Gasteiger partial charge in [-0.2, -0.15) is 0 Å². The molecule has 4 nitrogen and oxygen atoms in total. The van der Waals surface area contributed by atoms with Gasteiger partial charge >= 0.3 is 0 Å². The fourth-order valence-electron chi connectivity index (χ4n) is 2.63. The van der Waals surface area contributed by atoms with Crippen molar-refractivity contribution < 1.29 is 4.74 Å². The molecule has 0 spiro atoms. The van der Waals surface area contributed by atoms with Crippen LogP contribution in [-0.4, -0.2) is 29.0 Å². The lowest BCUT2D eigenvalue weighted by Crippen LogP contribution is -2.24. The van der Waals surface area contributed by atoms with Crippen molar-refractivity contribution >= 4 is 45.9 Å². The van der Waals surface area contributed by atoms with E-state index >= 15 is 0 Å². The first-order valence-electron chi connectivity index (χ1n) is 8.15. The predicted molar refractivity (Wildman–Crippen MR) is 109 cm³/mol. The summed E-state index contributed by atoms with van der Waals surface area (Å²) < 4.78 is 6.83. The van der Waals surface area contributed by atoms with Gasteiger partial charge in [0.2, 0.25) is 0 Å². The van der Waals surface area contributed by atoms with Gasteiger partial charge in [-0.3, -0.25) is 9.36 Å². The zero-order valence-corrected chi connectivity index (χ0v) is 16.6. The Kier molecular flexibility index (Phi) is 6.59. The van der Waals surface area contributed by atoms with Crippen LogP contribution in [-0.2, 0) is 17.7 Å². The lowest BCUT2D eigenvalue weighted by molar-refractivity contribution is 0.218. The molecule has 136 valence electrons. The number of benzene rings is 2. The summed E-state index contributed by atoms with van der Waals surface area (Å²) in [5.41, 5.74) is 1.61. The molecule has 0 aliphatic rings. The van der Waals surface area contributed by atoms with E-state index in [1.807, 2.05) is 24.3 Å². The zero-order valence-electron chi connectivity index (χ0n) is 14.2. The van der Waals surface area contributed by atoms with Gasteiger partial charge in [0.15, 0.2) is 5.16 Å². The third-order valence-corrected chi connectivity index (χ3v) is 5.49. The first-order chi connectivity index (χ1) is 12.6. The minimum absolute atomic E-state index is 0.0411. The van der Waals surface area contributed by atoms with Crippen LogP contribution in [0.2, 0.25) is 10.0 Å². The van der Waals surface area contributed by atoms with Gasteiger partial charge in [0.05, 0.1) is 17.5 Å². The first kappa shape index (κ1) is 19.2. The van der Waals surface area contributed by atoms with Crippen LogP contribution in [0.1, 0.15) is 5.56 Å². The topological polar surface area (TPSA) is 44.1 Å². The van der Waals surface area contributed by atoms with Gasteiger partial charge in [-0.05, 0) is 36.2 Å². The number of thioether (sulfide) groups is 1. The van der Waals surface area contributed by atoms with Crippen LogP contribution in [0.3, 0.4) is 0 Å². The summed E-state index contributed by atoms with van der Waals surface area (Å²) in [7, 11) is 1.66. The Bertz CT molecular complexity index is 975. The number of halogens is 2. The van der Waals surface area contributed by atoms with E-state index in [0.29, 0.717) is 45.7 Å². The van der Waals surface area contributed by atoms with Gasteiger partial charge in [-0.15, -0.1) is 0 Å². The summed E-state index contributed by atoms with van der Waals surface area (Å²) in [6.45, 7) is 1.09. The van der Waals surface area contributed by atoms with Crippen molar-refractivity contribution in [1.82, 2.24) is 9.55 Å². The molecule has 2 aromatic carbocycles. The Labute approximate surface area is 166 Å². The second-order valence-corrected chi connectivity index (χ2v) is 7.60. The molecule has 0 fully saturated rings. The standard InChI is InChI=1S/C19H18Cl2N2O2S/c1-25-10-11-26-19-22-17-5-3-2-4-15(17)18(24)23(19)9-8-13-6-7-14(20)12-16(13)21/h2-7,12H,8-11H2,1H3. The first-order valence-corrected chi connectivity index (χ1v) is 9.89. The van der Waals surface area contributed by atoms with Crippen molar-refractivity contribution in [2.24, 2.45) is 0 Å². The molecule has 0 radical (unpaired) electrons. The number of fused-ring (bicyclic) bond motifs is 1. The number of rotatable bonds is 7. The van der Waals surface area contributed by atoms with Crippen LogP contribution >= 0.6 is 35.0 Å². The molecule has 0 aliphatic heterocycles. The van der Waals surface area contributed by atoms with E-state index in [-0.39, 0.29) is 5.56 Å². The molecule has 0 bridgehead atoms. The Morgan fingerprint density at radius 2 is 2.00 bits per heavy atom. The van der Waals surface area contributed by atoms with E-state index < -0.39 is 0 Å². The summed E-state index contributed by atoms with van der Waals surface area (Å²) in [6, 6.07) is 12.8. The fraction of sp³-hybridized carbons (Fsp3) is 0.263. The van der Waals surface area contributed by atoms with Crippen LogP contribution in [0.4, 0.5) is 0 Å². The number of methoxy groups -OCH3 is 1. The number of hydrogen-bond acceptors (Lipinski definition) is 4. The van der Waals surface area contributed by atoms with Gasteiger partial charge in [-0.25, -0.2) is 4.98 Å². The van der Waals surface area contributed by atoms with Gasteiger partial charge in [-0.1, -0.05) is 53.2 Å². The number of nitrogens with zero attached hydrogens (tertiary/aromatic N) is 2. The zero-order chi connectivity index (χ0) is 18.5. The number of para-hydroxylation sites is 1. The molecule has 3 rings (SSSR count). The van der Waals surface area contributed by atoms with Crippen molar-refractivity contribution in [3.63, 3.8) is 0 Å². The normalized spacial score (nSPS) is 11.2. The average Bonchev–Trinajstić information content (AvgIpc) is 2.63. The Morgan fingerprint density at radius 1 is 1.19 bits per heavy atom. The van der Waals surface area contributed by atoms with E-state index in [1.54, 1.807) is 29.9 Å². The third-order valence-electron chi connectivity index (χ3n) is 3.97. The summed E-state index contributed by atoms with van der Waals surface area (Å²) in [6.07, 6.45) is 0.619. The van der Waals surface area contributed by atoms with E-state index in [1.165, 1.54) is 11.8 Å². The fourth-order valence-corrected chi connectivity index (χ4v) is 4.06. The highest BCUT2D eigenvalue weighted by Gasteiger charge is 2.12. The molecule has 0 unspecified atom stereocenters. The monoisotopic (exact) mass is 408 g/mol. The molecule has 26 heavy (non-hydrogen) atoms. The van der Waals surface area contributed by atoms with Crippen LogP contribution in [0.15, 0.2) is 52.4 Å². The van der Waals surface area contributed by atoms with Crippen LogP contribution in [0.25, 0.3) is 10.9 Å². The molecule has 0 N–H and O–H groups in total. The molecule has 0 saturated carbocycles. The van der Waals surface area contributed by atoms with Gasteiger partial charge in [0, 0.05) is 29.5 Å². The molecule has 0 saturated heterocycles. The van der Waals surface area contributed by atoms with Gasteiger partial charge < -0.3 is 4.74 Å². The third kappa shape index (κ3) is 4.41. The lowest BCUT2D eigenvalue weighted by Gasteiger charge is -2.13. The van der Waals surface area contributed by atoms with Crippen LogP contribution in [0, 0.1) is 0 Å². The molecule has 0 aliphatic carbocycles. The maximum atomic E-state index is 13.0. The summed E-state index contributed by atoms with van der Waals surface area (Å²) in [5, 5.41) is 2.51. The lowest BCUT2D eigenvalue weighted by atomic mass is 10.1. The number of aryl methyl sites for hydroxylation is 1. The number of hydrogen-bond donors (Lipinski definition) is 0. The van der Waals surface area contributed by atoms with E-state index in [4.69, 9.17) is 27.9 Å². The highest BCUT2D eigenvalue weighted by Crippen LogP contribution is 2.23. The number of aromatic nitrogens is 2. The SMILES string of the molecule is COCCSc1nc2ccccc2c(=O)n1CCc1ccc(Cl)cc1Cl. The Balaban J connectivity index is 1.94. The second-order valence-electron chi connectivity index (χ2n) is 5.70. The van der Waals surface area contributed by atoms with Gasteiger partial charge in [0.1, 0.15) is 0 Å². The summed E-state index contributed by atoms with van der Waals surface area (Å²) >= 11 is 13.7. The molecule has 7 heteroatoms. The Morgan fingerprint density at radius 3 is 2.77 bits per heavy atom. The minimum atomic E-state index is -0.0411. The smallest absolute Gasteiger partial charge is 0.262 e. The highest BCUT2D eigenvalue weighted by molar-refractivity contribution is 7.99. The average molecular weight is 409 g/mol. The molecule has 0 amide bonds. The van der Waals surface area contributed by atoms with Crippen molar-refractivity contribution in [3.8, 4) is 0 Å². The second kappa shape index (κ2) is 8.91. The molecule has 1 heterocycles. The summed E-state index contributed by atoms with van der Waals surface area (Å²) in [4.78, 5) is 17.6. The van der Waals surface area contributed by atoms with E-state index in [2.05, 4.69) is 4.98 Å². The maximum absolute atomic E-state index is 13.0. The number of ether oxygens (including phenoxy) is 1. The Hall–Kier alpha value is -1.53. The molecule has 3 aromatic rings. The molecular formula is C19H18Cl2N2O2S. The highest BCUT2D eigenvalue weighted by atomic mass is 35.5. The van der Waals surface area contributed by atoms with E-state index in [9.17, 15) is 4.79 Å². The summed E-state index contributed by atoms with van der Waals surface area (Å²) in [5.74, 6) is 0.725. The van der Waals surface area contributed by atoms with Gasteiger partial charge in [0.25, 0.3) is 5.56 Å².